The first-order chi connectivity index (χ1) is 18.7. The van der Waals surface area contributed by atoms with Crippen LogP contribution in [0.4, 0.5) is 0 Å². The summed E-state index contributed by atoms with van der Waals surface area (Å²) in [5, 5.41) is 1.15. The monoisotopic (exact) mass is 541 g/mol. The van der Waals surface area contributed by atoms with Crippen LogP contribution in [0, 0.1) is 27.7 Å². The second-order valence-electron chi connectivity index (χ2n) is 11.4. The summed E-state index contributed by atoms with van der Waals surface area (Å²) in [7, 11) is 0. The van der Waals surface area contributed by atoms with Crippen molar-refractivity contribution in [1.82, 2.24) is 4.90 Å². The number of carbonyl (C=O) groups is 1. The molecule has 3 aromatic carbocycles. The van der Waals surface area contributed by atoms with Crippen LogP contribution in [0.15, 0.2) is 66.7 Å². The minimum atomic E-state index is 0.150. The van der Waals surface area contributed by atoms with Crippen molar-refractivity contribution in [3.8, 4) is 0 Å². The molecular weight excluding hydrogens is 496 g/mol. The number of aryl methyl sites for hydroxylation is 4. The van der Waals surface area contributed by atoms with Gasteiger partial charge in [-0.1, -0.05) is 76.9 Å². The Balaban J connectivity index is 1.48. The number of nitrogens with zero attached hydrogens (tertiary/aromatic N) is 2. The highest BCUT2D eigenvalue weighted by Crippen LogP contribution is 2.27. The molecule has 206 valence electrons. The standard InChI is InChI=1S/C35H45N2OS/c1-7-37(8-2,25-31-21-28(5)18-29(6)22-31)16-12-11-15-36(24-30-19-26(3)17-27(4)20-30)35(38)34-23-32-13-9-10-14-33(32)39-34/h9-10,13-14,17-23H,7-8,11-12,15-16,24-25H2,1-6H3/q+1. The van der Waals surface area contributed by atoms with Crippen LogP contribution < -0.4 is 0 Å². The second kappa shape index (κ2) is 12.9. The zero-order valence-electron chi connectivity index (χ0n) is 24.7. The van der Waals surface area contributed by atoms with Gasteiger partial charge in [0.1, 0.15) is 6.54 Å². The first kappa shape index (κ1) is 29.0. The average Bonchev–Trinajstić information content (AvgIpc) is 3.32. The predicted octanol–water partition coefficient (Wildman–Crippen LogP) is 8.61. The molecule has 0 N–H and O–H groups in total. The van der Waals surface area contributed by atoms with Crippen molar-refractivity contribution in [1.29, 1.82) is 0 Å². The second-order valence-corrected chi connectivity index (χ2v) is 12.5. The molecule has 0 aliphatic rings. The van der Waals surface area contributed by atoms with Crippen molar-refractivity contribution in [2.45, 2.75) is 67.5 Å². The van der Waals surface area contributed by atoms with E-state index in [1.165, 1.54) is 38.1 Å². The van der Waals surface area contributed by atoms with Gasteiger partial charge in [0.25, 0.3) is 5.91 Å². The first-order valence-electron chi connectivity index (χ1n) is 14.5. The van der Waals surface area contributed by atoms with E-state index in [4.69, 9.17) is 0 Å². The van der Waals surface area contributed by atoms with Gasteiger partial charge in [-0.3, -0.25) is 4.79 Å². The summed E-state index contributed by atoms with van der Waals surface area (Å²) in [5.41, 5.74) is 7.84. The van der Waals surface area contributed by atoms with Gasteiger partial charge in [-0.15, -0.1) is 11.3 Å². The summed E-state index contributed by atoms with van der Waals surface area (Å²) in [6.07, 6.45) is 2.11. The maximum absolute atomic E-state index is 13.8. The number of quaternary nitrogens is 1. The Morgan fingerprint density at radius 2 is 1.36 bits per heavy atom. The number of amides is 1. The van der Waals surface area contributed by atoms with Crippen LogP contribution in [0.1, 0.15) is 69.7 Å². The number of rotatable bonds is 12. The molecule has 0 aliphatic heterocycles. The molecule has 4 heteroatoms. The van der Waals surface area contributed by atoms with Gasteiger partial charge in [0.05, 0.1) is 24.5 Å². The third-order valence-corrected chi connectivity index (χ3v) is 9.13. The minimum absolute atomic E-state index is 0.150. The van der Waals surface area contributed by atoms with Crippen molar-refractivity contribution in [3.63, 3.8) is 0 Å². The van der Waals surface area contributed by atoms with Crippen LogP contribution in [0.5, 0.6) is 0 Å². The molecule has 0 aliphatic carbocycles. The van der Waals surface area contributed by atoms with E-state index in [2.05, 4.69) is 101 Å². The molecule has 1 aromatic heterocycles. The minimum Gasteiger partial charge on any atom is -0.334 e. The smallest absolute Gasteiger partial charge is 0.264 e. The molecule has 4 rings (SSSR count). The maximum Gasteiger partial charge on any atom is 0.264 e. The van der Waals surface area contributed by atoms with Gasteiger partial charge >= 0.3 is 0 Å². The summed E-state index contributed by atoms with van der Waals surface area (Å²) >= 11 is 1.61. The summed E-state index contributed by atoms with van der Waals surface area (Å²) in [4.78, 5) is 16.7. The number of fused-ring (bicyclic) bond motifs is 1. The van der Waals surface area contributed by atoms with Crippen LogP contribution in [0.2, 0.25) is 0 Å². The van der Waals surface area contributed by atoms with Crippen molar-refractivity contribution >= 4 is 27.3 Å². The van der Waals surface area contributed by atoms with Crippen LogP contribution >= 0.6 is 11.3 Å². The SMILES string of the molecule is CC[N+](CC)(CCCCN(Cc1cc(C)cc(C)c1)C(=O)c1cc2ccccc2s1)Cc1cc(C)cc(C)c1. The Morgan fingerprint density at radius 3 is 1.95 bits per heavy atom. The topological polar surface area (TPSA) is 20.3 Å². The van der Waals surface area contributed by atoms with Crippen molar-refractivity contribution < 1.29 is 9.28 Å². The zero-order chi connectivity index (χ0) is 28.0. The fourth-order valence-corrected chi connectivity index (χ4v) is 7.05. The quantitative estimate of drug-likeness (QED) is 0.130. The molecule has 0 fully saturated rings. The highest BCUT2D eigenvalue weighted by Gasteiger charge is 2.24. The Labute approximate surface area is 239 Å². The van der Waals surface area contributed by atoms with E-state index in [0.29, 0.717) is 6.54 Å². The van der Waals surface area contributed by atoms with E-state index in [-0.39, 0.29) is 5.91 Å². The summed E-state index contributed by atoms with van der Waals surface area (Å²) in [5.74, 6) is 0.150. The fraction of sp³-hybridized carbons (Fsp3) is 0.400. The lowest BCUT2D eigenvalue weighted by atomic mass is 10.1. The average molecular weight is 542 g/mol. The number of carbonyl (C=O) groups excluding carboxylic acids is 1. The van der Waals surface area contributed by atoms with Crippen molar-refractivity contribution in [2.75, 3.05) is 26.2 Å². The molecule has 4 aromatic rings. The Bertz CT molecular complexity index is 1340. The largest absolute Gasteiger partial charge is 0.334 e. The molecule has 3 nitrogen and oxygen atoms in total. The van der Waals surface area contributed by atoms with Gasteiger partial charge < -0.3 is 9.38 Å². The predicted molar refractivity (Wildman–Crippen MR) is 168 cm³/mol. The molecule has 1 amide bonds. The molecule has 0 atom stereocenters. The Hall–Kier alpha value is -2.95. The normalized spacial score (nSPS) is 11.7. The van der Waals surface area contributed by atoms with Crippen molar-refractivity contribution in [3.05, 3.63) is 105 Å². The Morgan fingerprint density at radius 1 is 0.769 bits per heavy atom. The van der Waals surface area contributed by atoms with Gasteiger partial charge in [-0.05, 0) is 77.5 Å². The summed E-state index contributed by atoms with van der Waals surface area (Å²) < 4.78 is 2.26. The molecular formula is C35H45N2OS+. The number of hydrogen-bond donors (Lipinski definition) is 0. The molecule has 0 bridgehead atoms. The lowest BCUT2D eigenvalue weighted by Gasteiger charge is -2.37. The van der Waals surface area contributed by atoms with Gasteiger partial charge in [0.15, 0.2) is 0 Å². The Kier molecular flexibility index (Phi) is 9.63. The van der Waals surface area contributed by atoms with E-state index < -0.39 is 0 Å². The molecule has 0 radical (unpaired) electrons. The first-order valence-corrected chi connectivity index (χ1v) is 15.3. The molecule has 0 unspecified atom stereocenters. The van der Waals surface area contributed by atoms with E-state index >= 15 is 0 Å². The van der Waals surface area contributed by atoms with Gasteiger partial charge in [-0.25, -0.2) is 0 Å². The van der Waals surface area contributed by atoms with Gasteiger partial charge in [0, 0.05) is 23.4 Å². The molecule has 0 saturated heterocycles. The van der Waals surface area contributed by atoms with Crippen LogP contribution in [0.25, 0.3) is 10.1 Å². The van der Waals surface area contributed by atoms with E-state index in [1.54, 1.807) is 11.3 Å². The highest BCUT2D eigenvalue weighted by atomic mass is 32.1. The van der Waals surface area contributed by atoms with E-state index in [9.17, 15) is 4.79 Å². The van der Waals surface area contributed by atoms with Gasteiger partial charge in [0.2, 0.25) is 0 Å². The fourth-order valence-electron chi connectivity index (χ4n) is 6.02. The lowest BCUT2D eigenvalue weighted by Crippen LogP contribution is -2.47. The third kappa shape index (κ3) is 7.58. The van der Waals surface area contributed by atoms with Crippen LogP contribution in [-0.4, -0.2) is 41.5 Å². The van der Waals surface area contributed by atoms with E-state index in [0.717, 1.165) is 60.3 Å². The lowest BCUT2D eigenvalue weighted by molar-refractivity contribution is -0.938. The maximum atomic E-state index is 13.8. The summed E-state index contributed by atoms with van der Waals surface area (Å²) in [6, 6.07) is 23.9. The van der Waals surface area contributed by atoms with Crippen LogP contribution in [0.3, 0.4) is 0 Å². The zero-order valence-corrected chi connectivity index (χ0v) is 25.5. The van der Waals surface area contributed by atoms with Crippen LogP contribution in [-0.2, 0) is 13.1 Å². The number of hydrogen-bond acceptors (Lipinski definition) is 2. The number of benzene rings is 3. The number of thiophene rings is 1. The van der Waals surface area contributed by atoms with E-state index in [1.807, 2.05) is 12.1 Å². The summed E-state index contributed by atoms with van der Waals surface area (Å²) in [6.45, 7) is 19.2. The molecule has 0 spiro atoms. The van der Waals surface area contributed by atoms with Gasteiger partial charge in [-0.2, -0.15) is 0 Å². The number of unbranched alkanes of at least 4 members (excludes halogenated alkanes) is 1. The molecule has 1 heterocycles. The molecule has 0 saturated carbocycles. The highest BCUT2D eigenvalue weighted by molar-refractivity contribution is 7.20. The molecule has 39 heavy (non-hydrogen) atoms. The third-order valence-electron chi connectivity index (χ3n) is 8.03. The van der Waals surface area contributed by atoms with Crippen molar-refractivity contribution in [2.24, 2.45) is 0 Å².